The second-order valence-corrected chi connectivity index (χ2v) is 11.8. The number of ether oxygens (including phenoxy) is 3. The van der Waals surface area contributed by atoms with Crippen molar-refractivity contribution in [3.8, 4) is 17.2 Å². The van der Waals surface area contributed by atoms with E-state index in [1.54, 1.807) is 0 Å². The first kappa shape index (κ1) is 39.9. The lowest BCUT2D eigenvalue weighted by atomic mass is 9.76. The number of rotatable bonds is 11. The van der Waals surface area contributed by atoms with Gasteiger partial charge >= 0.3 is 35.9 Å². The molecular formula is C36H21F15O3. The summed E-state index contributed by atoms with van der Waals surface area (Å²) in [6.45, 7) is 2.84. The van der Waals surface area contributed by atoms with Crippen LogP contribution in [0, 0.1) is 0 Å². The summed E-state index contributed by atoms with van der Waals surface area (Å²) in [5.74, 6) is -30.1. The van der Waals surface area contributed by atoms with Crippen molar-refractivity contribution < 1.29 is 80.1 Å². The fourth-order valence-corrected chi connectivity index (χ4v) is 5.69. The molecule has 0 spiro atoms. The molecule has 18 heteroatoms. The summed E-state index contributed by atoms with van der Waals surface area (Å²) in [4.78, 5) is 0. The van der Waals surface area contributed by atoms with E-state index in [1.165, 1.54) is 0 Å². The molecule has 1 fully saturated rings. The first-order chi connectivity index (χ1) is 24.9. The molecule has 4 unspecified atom stereocenters. The zero-order valence-corrected chi connectivity index (χ0v) is 26.6. The maximum absolute atomic E-state index is 15.8. The summed E-state index contributed by atoms with van der Waals surface area (Å²) in [6.07, 6.45) is -11.8. The minimum absolute atomic E-state index is 0.144. The SMILES string of the molecule is C=C(F)Oc1ccc(C(c2ccc(OC3(F)C(F)(F)C(F)(F)C3(F)Oc3ccc(C(c4ccc(C=C(F)F)cc4)C(F)(F)F)cc3)cc2)C(F)(F)F)cc1. The van der Waals surface area contributed by atoms with Gasteiger partial charge in [0, 0.05) is 6.08 Å². The lowest BCUT2D eigenvalue weighted by Gasteiger charge is -2.55. The number of alkyl halides is 12. The van der Waals surface area contributed by atoms with E-state index >= 15 is 8.78 Å². The molecule has 0 heterocycles. The molecule has 4 aromatic carbocycles. The van der Waals surface area contributed by atoms with Gasteiger partial charge in [-0.05, 0) is 70.8 Å². The standard InChI is InChI=1S/C36H21F15O3/c1-19(37)52-25-12-6-22(7-13-25)30(32(43,44)45)24-10-16-27(17-11-24)54-36(51)34(48,49)33(46,47)35(36,50)53-26-14-8-23(9-15-26)29(31(40,41)42)21-4-2-20(3-5-21)18-28(38)39/h2-18,29-30H,1H2. The molecule has 288 valence electrons. The van der Waals surface area contributed by atoms with Gasteiger partial charge in [-0.25, -0.2) is 0 Å². The Bertz CT molecular complexity index is 1990. The lowest BCUT2D eigenvalue weighted by Crippen LogP contribution is -2.89. The minimum atomic E-state index is -5.97. The highest BCUT2D eigenvalue weighted by Gasteiger charge is 3.03. The van der Waals surface area contributed by atoms with Crippen molar-refractivity contribution >= 4 is 6.08 Å². The monoisotopic (exact) mass is 786 g/mol. The fraction of sp³-hybridized carbons (Fsp3) is 0.222. The van der Waals surface area contributed by atoms with Crippen LogP contribution in [0.5, 0.6) is 17.2 Å². The predicted molar refractivity (Wildman–Crippen MR) is 161 cm³/mol. The predicted octanol–water partition coefficient (Wildman–Crippen LogP) is 12.2. The molecule has 3 nitrogen and oxygen atoms in total. The molecule has 54 heavy (non-hydrogen) atoms. The molecule has 1 saturated carbocycles. The Morgan fingerprint density at radius 1 is 0.500 bits per heavy atom. The van der Waals surface area contributed by atoms with Gasteiger partial charge in [0.15, 0.2) is 0 Å². The molecule has 0 aromatic heterocycles. The topological polar surface area (TPSA) is 27.7 Å². The molecule has 4 aromatic rings. The van der Waals surface area contributed by atoms with Gasteiger partial charge in [-0.15, -0.1) is 0 Å². The van der Waals surface area contributed by atoms with Gasteiger partial charge in [-0.3, -0.25) is 0 Å². The summed E-state index contributed by atoms with van der Waals surface area (Å²) >= 11 is 0. The van der Waals surface area contributed by atoms with Crippen LogP contribution in [0.2, 0.25) is 0 Å². The first-order valence-electron chi connectivity index (χ1n) is 15.0. The van der Waals surface area contributed by atoms with Gasteiger partial charge < -0.3 is 14.2 Å². The summed E-state index contributed by atoms with van der Waals surface area (Å²) in [6, 6.07) is 10.3. The summed E-state index contributed by atoms with van der Waals surface area (Å²) in [5, 5.41) is 0. The van der Waals surface area contributed by atoms with E-state index in [-0.39, 0.29) is 11.3 Å². The van der Waals surface area contributed by atoms with Crippen LogP contribution in [-0.4, -0.2) is 35.9 Å². The maximum Gasteiger partial charge on any atom is 0.399 e. The van der Waals surface area contributed by atoms with Crippen molar-refractivity contribution in [1.82, 2.24) is 0 Å². The van der Waals surface area contributed by atoms with E-state index in [4.69, 9.17) is 0 Å². The number of benzene rings is 4. The van der Waals surface area contributed by atoms with E-state index in [9.17, 15) is 57.1 Å². The Hall–Kier alpha value is -5.29. The van der Waals surface area contributed by atoms with E-state index in [1.807, 2.05) is 0 Å². The van der Waals surface area contributed by atoms with E-state index in [2.05, 4.69) is 20.8 Å². The maximum atomic E-state index is 15.8. The molecule has 4 atom stereocenters. The van der Waals surface area contributed by atoms with Crippen molar-refractivity contribution in [2.45, 2.75) is 47.7 Å². The average Bonchev–Trinajstić information content (AvgIpc) is 3.06. The van der Waals surface area contributed by atoms with Crippen molar-refractivity contribution in [3.63, 3.8) is 0 Å². The minimum Gasteiger partial charge on any atom is -0.447 e. The Kier molecular flexibility index (Phi) is 10.2. The van der Waals surface area contributed by atoms with Crippen molar-refractivity contribution in [3.05, 3.63) is 144 Å². The quantitative estimate of drug-likeness (QED) is 0.112. The summed E-state index contributed by atoms with van der Waals surface area (Å²) < 4.78 is 225. The van der Waals surface area contributed by atoms with Gasteiger partial charge in [0.2, 0.25) is 0 Å². The van der Waals surface area contributed by atoms with Gasteiger partial charge in [-0.2, -0.15) is 65.9 Å². The normalized spacial score (nSPS) is 21.6. The lowest BCUT2D eigenvalue weighted by molar-refractivity contribution is -0.527. The Labute approximate surface area is 294 Å². The van der Waals surface area contributed by atoms with Gasteiger partial charge in [0.05, 0.1) is 0 Å². The zero-order valence-electron chi connectivity index (χ0n) is 26.6. The third-order valence-corrected chi connectivity index (χ3v) is 8.20. The molecule has 0 saturated heterocycles. The van der Waals surface area contributed by atoms with E-state index in [0.717, 1.165) is 48.5 Å². The fourth-order valence-electron chi connectivity index (χ4n) is 5.69. The number of hydrogen-bond acceptors (Lipinski definition) is 3. The molecule has 0 radical (unpaired) electrons. The molecule has 0 N–H and O–H groups in total. The number of halogens is 15. The van der Waals surface area contributed by atoms with Crippen LogP contribution in [-0.2, 0) is 0 Å². The molecular weight excluding hydrogens is 765 g/mol. The van der Waals surface area contributed by atoms with Gasteiger partial charge in [0.1, 0.15) is 29.1 Å². The highest BCUT2D eigenvalue weighted by Crippen LogP contribution is 2.68. The van der Waals surface area contributed by atoms with Crippen LogP contribution in [0.25, 0.3) is 6.08 Å². The zero-order chi connectivity index (χ0) is 40.1. The van der Waals surface area contributed by atoms with Gasteiger partial charge in [-0.1, -0.05) is 60.7 Å². The van der Waals surface area contributed by atoms with Crippen molar-refractivity contribution in [2.75, 3.05) is 0 Å². The smallest absolute Gasteiger partial charge is 0.399 e. The van der Waals surface area contributed by atoms with Crippen LogP contribution in [0.3, 0.4) is 0 Å². The van der Waals surface area contributed by atoms with Crippen LogP contribution in [0.1, 0.15) is 39.7 Å². The van der Waals surface area contributed by atoms with Crippen LogP contribution in [0.15, 0.2) is 116 Å². The van der Waals surface area contributed by atoms with Crippen LogP contribution < -0.4 is 14.2 Å². The highest BCUT2D eigenvalue weighted by molar-refractivity contribution is 5.51. The molecule has 1 aliphatic carbocycles. The second kappa shape index (κ2) is 13.8. The van der Waals surface area contributed by atoms with Crippen LogP contribution >= 0.6 is 0 Å². The summed E-state index contributed by atoms with van der Waals surface area (Å²) in [5.41, 5.74) is -2.31. The third kappa shape index (κ3) is 7.16. The van der Waals surface area contributed by atoms with E-state index < -0.39 is 93.6 Å². The second-order valence-electron chi connectivity index (χ2n) is 11.8. The molecule has 5 rings (SSSR count). The largest absolute Gasteiger partial charge is 0.447 e. The summed E-state index contributed by atoms with van der Waals surface area (Å²) in [7, 11) is 0. The Morgan fingerprint density at radius 3 is 1.07 bits per heavy atom. The Balaban J connectivity index is 1.40. The van der Waals surface area contributed by atoms with E-state index in [0.29, 0.717) is 54.6 Å². The van der Waals surface area contributed by atoms with Crippen LogP contribution in [0.4, 0.5) is 65.9 Å². The molecule has 0 amide bonds. The van der Waals surface area contributed by atoms with Crippen molar-refractivity contribution in [1.29, 1.82) is 0 Å². The van der Waals surface area contributed by atoms with Crippen molar-refractivity contribution in [2.24, 2.45) is 0 Å². The first-order valence-corrected chi connectivity index (χ1v) is 15.0. The average molecular weight is 787 g/mol. The van der Waals surface area contributed by atoms with Gasteiger partial charge in [0.25, 0.3) is 12.1 Å². The number of hydrogen-bond donors (Lipinski definition) is 0. The third-order valence-electron chi connectivity index (χ3n) is 8.20. The highest BCUT2D eigenvalue weighted by atomic mass is 19.4. The molecule has 0 bridgehead atoms. The Morgan fingerprint density at radius 2 is 0.796 bits per heavy atom. The molecule has 1 aliphatic rings. The molecule has 0 aliphatic heterocycles.